The van der Waals surface area contributed by atoms with Crippen LogP contribution in [-0.2, 0) is 14.3 Å². The molecule has 0 unspecified atom stereocenters. The zero-order chi connectivity index (χ0) is 13.2. The van der Waals surface area contributed by atoms with Crippen LogP contribution < -0.4 is 5.32 Å². The summed E-state index contributed by atoms with van der Waals surface area (Å²) in [6, 6.07) is -0.415. The normalized spacial score (nSPS) is 19.2. The summed E-state index contributed by atoms with van der Waals surface area (Å²) >= 11 is 0. The molecular formula is C14H23NO3. The molecule has 1 fully saturated rings. The van der Waals surface area contributed by atoms with Gasteiger partial charge in [0.05, 0.1) is 6.61 Å². The van der Waals surface area contributed by atoms with Crippen LogP contribution in [0.5, 0.6) is 0 Å². The Morgan fingerprint density at radius 2 is 2.17 bits per heavy atom. The van der Waals surface area contributed by atoms with Gasteiger partial charge in [-0.1, -0.05) is 25.5 Å². The van der Waals surface area contributed by atoms with Crippen molar-refractivity contribution in [3.8, 4) is 0 Å². The average Bonchev–Trinajstić information content (AvgIpc) is 2.79. The number of rotatable bonds is 8. The first-order valence-corrected chi connectivity index (χ1v) is 6.85. The van der Waals surface area contributed by atoms with Gasteiger partial charge < -0.3 is 10.1 Å². The standard InChI is InChI=1S/C14H23NO3/c1-2-3-4-5-6-7-8-11-18-14(17)12-9-10-13(16)15-12/h4-5,12H,2-3,6-11H2,1H3,(H,15,16)/b5-4+/t12-/m0/s1. The fourth-order valence-corrected chi connectivity index (χ4v) is 1.83. The van der Waals surface area contributed by atoms with Crippen molar-refractivity contribution in [2.75, 3.05) is 6.61 Å². The van der Waals surface area contributed by atoms with E-state index < -0.39 is 6.04 Å². The Bertz CT molecular complexity index is 299. The number of hydrogen-bond donors (Lipinski definition) is 1. The van der Waals surface area contributed by atoms with Crippen LogP contribution in [0.15, 0.2) is 12.2 Å². The predicted molar refractivity (Wildman–Crippen MR) is 70.0 cm³/mol. The molecule has 4 nitrogen and oxygen atoms in total. The number of esters is 1. The summed E-state index contributed by atoms with van der Waals surface area (Å²) in [5.41, 5.74) is 0. The van der Waals surface area contributed by atoms with E-state index in [0.29, 0.717) is 19.4 Å². The molecule has 0 saturated carbocycles. The van der Waals surface area contributed by atoms with E-state index in [1.165, 1.54) is 6.42 Å². The van der Waals surface area contributed by atoms with Crippen molar-refractivity contribution < 1.29 is 14.3 Å². The highest BCUT2D eigenvalue weighted by Crippen LogP contribution is 2.08. The Morgan fingerprint density at radius 3 is 2.83 bits per heavy atom. The van der Waals surface area contributed by atoms with Crippen LogP contribution in [0.1, 0.15) is 51.9 Å². The quantitative estimate of drug-likeness (QED) is 0.410. The van der Waals surface area contributed by atoms with Gasteiger partial charge in [0.2, 0.25) is 5.91 Å². The summed E-state index contributed by atoms with van der Waals surface area (Å²) in [6.45, 7) is 2.61. The molecule has 0 aromatic rings. The number of allylic oxidation sites excluding steroid dienone is 2. The number of hydrogen-bond acceptors (Lipinski definition) is 3. The van der Waals surface area contributed by atoms with Crippen LogP contribution in [0.25, 0.3) is 0 Å². The van der Waals surface area contributed by atoms with Crippen LogP contribution in [0.2, 0.25) is 0 Å². The molecule has 102 valence electrons. The number of nitrogens with one attached hydrogen (secondary N) is 1. The summed E-state index contributed by atoms with van der Waals surface area (Å²) in [7, 11) is 0. The van der Waals surface area contributed by atoms with E-state index in [1.807, 2.05) is 0 Å². The lowest BCUT2D eigenvalue weighted by Gasteiger charge is -2.09. The van der Waals surface area contributed by atoms with Crippen molar-refractivity contribution in [2.24, 2.45) is 0 Å². The van der Waals surface area contributed by atoms with Crippen LogP contribution in [0.3, 0.4) is 0 Å². The maximum Gasteiger partial charge on any atom is 0.328 e. The van der Waals surface area contributed by atoms with Gasteiger partial charge >= 0.3 is 5.97 Å². The van der Waals surface area contributed by atoms with Crippen molar-refractivity contribution in [3.05, 3.63) is 12.2 Å². The molecule has 0 radical (unpaired) electrons. The van der Waals surface area contributed by atoms with Crippen LogP contribution in [-0.4, -0.2) is 24.5 Å². The first-order chi connectivity index (χ1) is 8.74. The largest absolute Gasteiger partial charge is 0.464 e. The minimum absolute atomic E-state index is 0.0574. The fraction of sp³-hybridized carbons (Fsp3) is 0.714. The Balaban J connectivity index is 1.97. The Morgan fingerprint density at radius 1 is 1.39 bits per heavy atom. The molecule has 0 bridgehead atoms. The molecule has 0 aliphatic carbocycles. The molecule has 1 aliphatic heterocycles. The predicted octanol–water partition coefficient (Wildman–Crippen LogP) is 2.33. The maximum atomic E-state index is 11.5. The van der Waals surface area contributed by atoms with Gasteiger partial charge in [0.25, 0.3) is 0 Å². The molecule has 1 N–H and O–H groups in total. The van der Waals surface area contributed by atoms with Gasteiger partial charge in [-0.25, -0.2) is 4.79 Å². The van der Waals surface area contributed by atoms with E-state index >= 15 is 0 Å². The number of ether oxygens (including phenoxy) is 1. The van der Waals surface area contributed by atoms with Gasteiger partial charge in [0.1, 0.15) is 6.04 Å². The first kappa shape index (κ1) is 14.7. The molecule has 1 rings (SSSR count). The lowest BCUT2D eigenvalue weighted by atomic mass is 10.2. The number of carbonyl (C=O) groups is 2. The van der Waals surface area contributed by atoms with Crippen molar-refractivity contribution in [2.45, 2.75) is 57.9 Å². The third-order valence-electron chi connectivity index (χ3n) is 2.91. The van der Waals surface area contributed by atoms with E-state index in [1.54, 1.807) is 0 Å². The fourth-order valence-electron chi connectivity index (χ4n) is 1.83. The summed E-state index contributed by atoms with van der Waals surface area (Å²) < 4.78 is 5.12. The molecule has 0 aromatic carbocycles. The topological polar surface area (TPSA) is 55.4 Å². The highest BCUT2D eigenvalue weighted by molar-refractivity contribution is 5.87. The summed E-state index contributed by atoms with van der Waals surface area (Å²) in [5, 5.41) is 2.60. The monoisotopic (exact) mass is 253 g/mol. The summed E-state index contributed by atoms with van der Waals surface area (Å²) in [6.07, 6.45) is 10.6. The summed E-state index contributed by atoms with van der Waals surface area (Å²) in [5.74, 6) is -0.347. The molecular weight excluding hydrogens is 230 g/mol. The molecule has 1 amide bonds. The highest BCUT2D eigenvalue weighted by Gasteiger charge is 2.28. The second-order valence-corrected chi connectivity index (χ2v) is 4.58. The van der Waals surface area contributed by atoms with Gasteiger partial charge in [0.15, 0.2) is 0 Å². The third kappa shape index (κ3) is 5.84. The molecule has 1 atom stereocenters. The van der Waals surface area contributed by atoms with E-state index in [2.05, 4.69) is 24.4 Å². The first-order valence-electron chi connectivity index (χ1n) is 6.85. The molecule has 18 heavy (non-hydrogen) atoms. The van der Waals surface area contributed by atoms with Crippen LogP contribution >= 0.6 is 0 Å². The lowest BCUT2D eigenvalue weighted by Crippen LogP contribution is -2.34. The van der Waals surface area contributed by atoms with E-state index in [-0.39, 0.29) is 11.9 Å². The Labute approximate surface area is 109 Å². The maximum absolute atomic E-state index is 11.5. The number of amides is 1. The zero-order valence-electron chi connectivity index (χ0n) is 11.1. The molecule has 1 aliphatic rings. The van der Waals surface area contributed by atoms with Crippen LogP contribution in [0, 0.1) is 0 Å². The lowest BCUT2D eigenvalue weighted by molar-refractivity contribution is -0.146. The second-order valence-electron chi connectivity index (χ2n) is 4.58. The second kappa shape index (κ2) is 8.72. The summed E-state index contributed by atoms with van der Waals surface area (Å²) in [4.78, 5) is 22.4. The van der Waals surface area contributed by atoms with Crippen molar-refractivity contribution >= 4 is 11.9 Å². The van der Waals surface area contributed by atoms with Gasteiger partial charge in [-0.2, -0.15) is 0 Å². The SMILES string of the molecule is CCC/C=C/CCCCOC(=O)[C@@H]1CCC(=O)N1. The van der Waals surface area contributed by atoms with Gasteiger partial charge in [-0.05, 0) is 32.1 Å². The Hall–Kier alpha value is -1.32. The van der Waals surface area contributed by atoms with Crippen molar-refractivity contribution in [1.82, 2.24) is 5.32 Å². The molecule has 4 heteroatoms. The third-order valence-corrected chi connectivity index (χ3v) is 2.91. The van der Waals surface area contributed by atoms with Crippen molar-refractivity contribution in [3.63, 3.8) is 0 Å². The van der Waals surface area contributed by atoms with E-state index in [9.17, 15) is 9.59 Å². The van der Waals surface area contributed by atoms with Gasteiger partial charge in [-0.15, -0.1) is 0 Å². The van der Waals surface area contributed by atoms with Crippen LogP contribution in [0.4, 0.5) is 0 Å². The van der Waals surface area contributed by atoms with Crippen molar-refractivity contribution in [1.29, 1.82) is 0 Å². The smallest absolute Gasteiger partial charge is 0.328 e. The Kier molecular flexibility index (Phi) is 7.14. The minimum Gasteiger partial charge on any atom is -0.464 e. The van der Waals surface area contributed by atoms with E-state index in [4.69, 9.17) is 4.74 Å². The zero-order valence-corrected chi connectivity index (χ0v) is 11.1. The number of carbonyl (C=O) groups excluding carboxylic acids is 2. The van der Waals surface area contributed by atoms with Gasteiger partial charge in [0, 0.05) is 6.42 Å². The van der Waals surface area contributed by atoms with E-state index in [0.717, 1.165) is 25.7 Å². The highest BCUT2D eigenvalue weighted by atomic mass is 16.5. The average molecular weight is 253 g/mol. The molecule has 0 aromatic heterocycles. The molecule has 1 heterocycles. The van der Waals surface area contributed by atoms with Gasteiger partial charge in [-0.3, -0.25) is 4.79 Å². The molecule has 1 saturated heterocycles. The minimum atomic E-state index is -0.415. The number of unbranched alkanes of at least 4 members (excludes halogenated alkanes) is 3. The molecule has 0 spiro atoms.